The van der Waals surface area contributed by atoms with E-state index in [1.807, 2.05) is 6.08 Å². The third kappa shape index (κ3) is 64.8. The van der Waals surface area contributed by atoms with Crippen molar-refractivity contribution in [3.05, 3.63) is 158 Å². The molecule has 0 aliphatic rings. The first-order valence-corrected chi connectivity index (χ1v) is 33.7. The molecule has 0 rings (SSSR count). The minimum atomic E-state index is -0.896. The van der Waals surface area contributed by atoms with Gasteiger partial charge in [0.25, 0.3) is 0 Å². The van der Waals surface area contributed by atoms with Crippen molar-refractivity contribution in [2.45, 2.75) is 309 Å². The molecule has 0 aromatic carbocycles. The van der Waals surface area contributed by atoms with Crippen molar-refractivity contribution in [1.82, 2.24) is 5.32 Å². The molecular weight excluding hydrogens is 975 g/mol. The van der Waals surface area contributed by atoms with Gasteiger partial charge in [0.2, 0.25) is 5.91 Å². The van der Waals surface area contributed by atoms with Crippen molar-refractivity contribution in [3.8, 4) is 0 Å². The summed E-state index contributed by atoms with van der Waals surface area (Å²) in [6.45, 7) is 4.18. The summed E-state index contributed by atoms with van der Waals surface area (Å²) in [7, 11) is 0. The summed E-state index contributed by atoms with van der Waals surface area (Å²) in [6.07, 6.45) is 110. The van der Waals surface area contributed by atoms with Crippen molar-refractivity contribution < 1.29 is 15.0 Å². The zero-order chi connectivity index (χ0) is 57.6. The largest absolute Gasteiger partial charge is 0.394 e. The molecule has 80 heavy (non-hydrogen) atoms. The van der Waals surface area contributed by atoms with Gasteiger partial charge in [0.15, 0.2) is 0 Å². The van der Waals surface area contributed by atoms with Crippen LogP contribution in [0.3, 0.4) is 0 Å². The highest BCUT2D eigenvalue weighted by molar-refractivity contribution is 5.76. The van der Waals surface area contributed by atoms with Gasteiger partial charge in [0.1, 0.15) is 0 Å². The molecule has 0 aromatic rings. The van der Waals surface area contributed by atoms with Gasteiger partial charge < -0.3 is 15.5 Å². The number of allylic oxidation sites excluding steroid dienone is 25. The van der Waals surface area contributed by atoms with Gasteiger partial charge in [-0.05, 0) is 122 Å². The number of hydrogen-bond donors (Lipinski definition) is 3. The van der Waals surface area contributed by atoms with E-state index in [1.165, 1.54) is 154 Å². The van der Waals surface area contributed by atoms with Crippen LogP contribution in [-0.2, 0) is 4.79 Å². The lowest BCUT2D eigenvalue weighted by Crippen LogP contribution is -2.45. The molecule has 4 heteroatoms. The smallest absolute Gasteiger partial charge is 0.220 e. The first-order valence-electron chi connectivity index (χ1n) is 33.7. The molecule has 0 aromatic heterocycles. The zero-order valence-electron chi connectivity index (χ0n) is 52.3. The van der Waals surface area contributed by atoms with Crippen LogP contribution >= 0.6 is 0 Å². The Morgan fingerprint density at radius 3 is 0.875 bits per heavy atom. The number of aliphatic hydroxyl groups excluding tert-OH is 2. The van der Waals surface area contributed by atoms with Gasteiger partial charge in [-0.15, -0.1) is 0 Å². The van der Waals surface area contributed by atoms with Gasteiger partial charge in [-0.25, -0.2) is 0 Å². The Labute approximate surface area is 496 Å². The fourth-order valence-electron chi connectivity index (χ4n) is 9.42. The Hall–Kier alpha value is -3.99. The fraction of sp³-hybridized carbons (Fsp3) is 0.645. The van der Waals surface area contributed by atoms with Crippen molar-refractivity contribution in [2.24, 2.45) is 0 Å². The Kier molecular flexibility index (Phi) is 65.8. The van der Waals surface area contributed by atoms with Gasteiger partial charge in [-0.3, -0.25) is 4.79 Å². The molecule has 454 valence electrons. The second-order valence-corrected chi connectivity index (χ2v) is 22.1. The lowest BCUT2D eigenvalue weighted by molar-refractivity contribution is -0.123. The Balaban J connectivity index is 3.66. The van der Waals surface area contributed by atoms with Crippen LogP contribution in [0, 0.1) is 0 Å². The standard InChI is InChI=1S/C76H127NO3/c1-3-5-7-9-11-13-15-17-19-21-23-25-27-29-31-33-35-37-38-40-42-44-46-48-50-52-54-56-58-60-62-64-66-68-70-72-76(80)77-74(73-78)75(79)71-69-67-65-63-61-59-57-55-53-51-49-47-45-43-41-39-36-34-32-30-28-26-24-22-20-18-16-14-12-10-8-6-4-2/h5,7,11,13,17,19,23,25,29,31,35,37,40,42,46,48,52-55,58,60-61,63,69,71,74-75,78-79H,3-4,6,8-10,12,14-16,18,20-22,24,26-28,30,32-34,36,38-39,41,43-45,47,49-51,56-57,59,62,64-68,70,72-73H2,1-2H3,(H,77,80)/b7-5-,13-11-,19-17-,25-23-,31-29-,37-35-,42-40-,48-46-,54-52-,55-53+,60-58-,63-61+,71-69+. The molecule has 0 heterocycles. The van der Waals surface area contributed by atoms with E-state index in [4.69, 9.17) is 0 Å². The Bertz CT molecular complexity index is 1680. The van der Waals surface area contributed by atoms with Gasteiger partial charge in [0.05, 0.1) is 18.8 Å². The number of carbonyl (C=O) groups is 1. The maximum absolute atomic E-state index is 12.5. The molecule has 1 amide bonds. The van der Waals surface area contributed by atoms with Crippen molar-refractivity contribution >= 4 is 5.91 Å². The van der Waals surface area contributed by atoms with Crippen LogP contribution in [0.1, 0.15) is 296 Å². The van der Waals surface area contributed by atoms with Crippen molar-refractivity contribution in [3.63, 3.8) is 0 Å². The second kappa shape index (κ2) is 69.3. The Morgan fingerprint density at radius 1 is 0.312 bits per heavy atom. The predicted molar refractivity (Wildman–Crippen MR) is 358 cm³/mol. The normalized spacial score (nSPS) is 13.8. The quantitative estimate of drug-likeness (QED) is 0.0420. The fourth-order valence-corrected chi connectivity index (χ4v) is 9.42. The van der Waals surface area contributed by atoms with Crippen LogP contribution in [0.2, 0.25) is 0 Å². The zero-order valence-corrected chi connectivity index (χ0v) is 52.3. The van der Waals surface area contributed by atoms with E-state index >= 15 is 0 Å². The predicted octanol–water partition coefficient (Wildman–Crippen LogP) is 23.3. The van der Waals surface area contributed by atoms with Crippen molar-refractivity contribution in [2.75, 3.05) is 6.61 Å². The summed E-state index contributed by atoms with van der Waals surface area (Å²) < 4.78 is 0. The molecular formula is C76H127NO3. The first kappa shape index (κ1) is 76.0. The summed E-state index contributed by atoms with van der Waals surface area (Å²) in [5, 5.41) is 23.2. The van der Waals surface area contributed by atoms with Crippen LogP contribution in [-0.4, -0.2) is 34.9 Å². The molecule has 3 N–H and O–H groups in total. The third-order valence-electron chi connectivity index (χ3n) is 14.5. The summed E-state index contributed by atoms with van der Waals surface area (Å²) in [5.41, 5.74) is 0. The van der Waals surface area contributed by atoms with E-state index in [1.54, 1.807) is 6.08 Å². The number of rotatable bonds is 60. The van der Waals surface area contributed by atoms with E-state index in [0.29, 0.717) is 6.42 Å². The maximum atomic E-state index is 12.5. The van der Waals surface area contributed by atoms with Crippen molar-refractivity contribution in [1.29, 1.82) is 0 Å². The molecule has 2 unspecified atom stereocenters. The minimum absolute atomic E-state index is 0.107. The SMILES string of the molecule is CC/C=C\C/C=C\C/C=C\C/C=C\C/C=C\C/C=C\C/C=C\C/C=C\C/C=C\C/C=C\CCCCCCC(=O)NC(CO)C(O)/C=C/CC/C=C/CC/C=C/CCCCCCCCCCCCCCCCCCCCCCCCC. The molecule has 0 radical (unpaired) electrons. The second-order valence-electron chi connectivity index (χ2n) is 22.1. The average Bonchev–Trinajstić information content (AvgIpc) is 3.46. The topological polar surface area (TPSA) is 69.6 Å². The molecule has 2 atom stereocenters. The summed E-state index contributed by atoms with van der Waals surface area (Å²) in [5.74, 6) is -0.107. The monoisotopic (exact) mass is 1100 g/mol. The van der Waals surface area contributed by atoms with Crippen LogP contribution in [0.15, 0.2) is 158 Å². The van der Waals surface area contributed by atoms with Crippen LogP contribution in [0.25, 0.3) is 0 Å². The highest BCUT2D eigenvalue weighted by atomic mass is 16.3. The molecule has 0 spiro atoms. The average molecular weight is 1100 g/mol. The molecule has 0 saturated heterocycles. The lowest BCUT2D eigenvalue weighted by Gasteiger charge is -2.19. The minimum Gasteiger partial charge on any atom is -0.394 e. The molecule has 0 fully saturated rings. The number of nitrogens with one attached hydrogen (secondary N) is 1. The van der Waals surface area contributed by atoms with Crippen LogP contribution in [0.5, 0.6) is 0 Å². The number of hydrogen-bond acceptors (Lipinski definition) is 3. The van der Waals surface area contributed by atoms with Crippen LogP contribution in [0.4, 0.5) is 0 Å². The van der Waals surface area contributed by atoms with E-state index in [9.17, 15) is 15.0 Å². The van der Waals surface area contributed by atoms with E-state index in [0.717, 1.165) is 122 Å². The number of amides is 1. The van der Waals surface area contributed by atoms with E-state index in [2.05, 4.69) is 165 Å². The number of carbonyl (C=O) groups excluding carboxylic acids is 1. The van der Waals surface area contributed by atoms with E-state index < -0.39 is 12.1 Å². The van der Waals surface area contributed by atoms with Crippen LogP contribution < -0.4 is 5.32 Å². The molecule has 0 aliphatic carbocycles. The highest BCUT2D eigenvalue weighted by Crippen LogP contribution is 2.16. The van der Waals surface area contributed by atoms with Gasteiger partial charge in [-0.1, -0.05) is 326 Å². The molecule has 4 nitrogen and oxygen atoms in total. The number of unbranched alkanes of at least 4 members (excludes halogenated alkanes) is 29. The van der Waals surface area contributed by atoms with Gasteiger partial charge >= 0.3 is 0 Å². The highest BCUT2D eigenvalue weighted by Gasteiger charge is 2.18. The molecule has 0 aliphatic heterocycles. The van der Waals surface area contributed by atoms with Gasteiger partial charge in [0, 0.05) is 6.42 Å². The van der Waals surface area contributed by atoms with Gasteiger partial charge in [-0.2, -0.15) is 0 Å². The summed E-state index contributed by atoms with van der Waals surface area (Å²) in [6, 6.07) is -0.674. The first-order chi connectivity index (χ1) is 39.7. The Morgan fingerprint density at radius 2 is 0.562 bits per heavy atom. The summed E-state index contributed by atoms with van der Waals surface area (Å²) in [4.78, 5) is 12.5. The lowest BCUT2D eigenvalue weighted by atomic mass is 10.0. The summed E-state index contributed by atoms with van der Waals surface area (Å²) >= 11 is 0. The number of aliphatic hydroxyl groups is 2. The molecule has 0 bridgehead atoms. The third-order valence-corrected chi connectivity index (χ3v) is 14.5. The maximum Gasteiger partial charge on any atom is 0.220 e. The molecule has 0 saturated carbocycles. The van der Waals surface area contributed by atoms with E-state index in [-0.39, 0.29) is 12.5 Å².